The summed E-state index contributed by atoms with van der Waals surface area (Å²) >= 11 is 6.10. The molecule has 7 heteroatoms. The minimum atomic E-state index is 0.0882. The molecule has 3 aromatic rings. The van der Waals surface area contributed by atoms with Gasteiger partial charge >= 0.3 is 0 Å². The highest BCUT2D eigenvalue weighted by Crippen LogP contribution is 2.26. The SMILES string of the molecule is CN1CCN(C(=O)c2ccc(-c3cc4c(Cl)ncnc4[nH]3)cc2)CC1. The minimum absolute atomic E-state index is 0.0882. The van der Waals surface area contributed by atoms with E-state index in [1.165, 1.54) is 6.33 Å². The van der Waals surface area contributed by atoms with Crippen molar-refractivity contribution in [2.75, 3.05) is 33.2 Å². The Labute approximate surface area is 150 Å². The van der Waals surface area contributed by atoms with Crippen molar-refractivity contribution in [3.63, 3.8) is 0 Å². The van der Waals surface area contributed by atoms with Crippen LogP contribution in [0.25, 0.3) is 22.3 Å². The second kappa shape index (κ2) is 6.46. The second-order valence-electron chi connectivity index (χ2n) is 6.28. The van der Waals surface area contributed by atoms with Gasteiger partial charge in [-0.3, -0.25) is 4.79 Å². The van der Waals surface area contributed by atoms with E-state index >= 15 is 0 Å². The van der Waals surface area contributed by atoms with Crippen molar-refractivity contribution in [1.29, 1.82) is 0 Å². The van der Waals surface area contributed by atoms with Crippen LogP contribution < -0.4 is 0 Å². The number of aromatic amines is 1. The molecule has 1 amide bonds. The molecule has 25 heavy (non-hydrogen) atoms. The topological polar surface area (TPSA) is 65.1 Å². The highest BCUT2D eigenvalue weighted by atomic mass is 35.5. The summed E-state index contributed by atoms with van der Waals surface area (Å²) < 4.78 is 0. The largest absolute Gasteiger partial charge is 0.339 e. The number of carbonyl (C=O) groups excluding carboxylic acids is 1. The van der Waals surface area contributed by atoms with E-state index in [4.69, 9.17) is 11.6 Å². The predicted molar refractivity (Wildman–Crippen MR) is 97.7 cm³/mol. The van der Waals surface area contributed by atoms with E-state index < -0.39 is 0 Å². The summed E-state index contributed by atoms with van der Waals surface area (Å²) in [6.45, 7) is 3.38. The Kier molecular flexibility index (Phi) is 4.15. The quantitative estimate of drug-likeness (QED) is 0.718. The normalized spacial score (nSPS) is 15.7. The maximum atomic E-state index is 12.6. The van der Waals surface area contributed by atoms with E-state index in [2.05, 4.69) is 26.9 Å². The summed E-state index contributed by atoms with van der Waals surface area (Å²) in [4.78, 5) is 28.2. The van der Waals surface area contributed by atoms with Crippen molar-refractivity contribution >= 4 is 28.5 Å². The lowest BCUT2D eigenvalue weighted by atomic mass is 10.1. The van der Waals surface area contributed by atoms with Gasteiger partial charge in [-0.2, -0.15) is 0 Å². The molecule has 4 rings (SSSR count). The van der Waals surface area contributed by atoms with Gasteiger partial charge in [-0.1, -0.05) is 23.7 Å². The summed E-state index contributed by atoms with van der Waals surface area (Å²) in [5, 5.41) is 1.21. The van der Waals surface area contributed by atoms with Crippen molar-refractivity contribution in [2.45, 2.75) is 0 Å². The van der Waals surface area contributed by atoms with Gasteiger partial charge in [0, 0.05) is 37.4 Å². The van der Waals surface area contributed by atoms with E-state index in [1.807, 2.05) is 35.2 Å². The summed E-state index contributed by atoms with van der Waals surface area (Å²) in [6.07, 6.45) is 1.43. The van der Waals surface area contributed by atoms with Crippen LogP contribution in [0.15, 0.2) is 36.7 Å². The first-order valence-electron chi connectivity index (χ1n) is 8.19. The van der Waals surface area contributed by atoms with Crippen LogP contribution in [0.2, 0.25) is 5.15 Å². The molecule has 1 aliphatic rings. The lowest BCUT2D eigenvalue weighted by Crippen LogP contribution is -2.47. The summed E-state index contributed by atoms with van der Waals surface area (Å²) in [7, 11) is 2.08. The molecular formula is C18H18ClN5O. The van der Waals surface area contributed by atoms with Crippen LogP contribution in [0, 0.1) is 0 Å². The van der Waals surface area contributed by atoms with Gasteiger partial charge in [-0.25, -0.2) is 9.97 Å². The molecule has 0 atom stereocenters. The number of piperazine rings is 1. The number of amides is 1. The van der Waals surface area contributed by atoms with E-state index in [9.17, 15) is 4.79 Å². The first kappa shape index (κ1) is 16.1. The number of rotatable bonds is 2. The van der Waals surface area contributed by atoms with Crippen molar-refractivity contribution in [1.82, 2.24) is 24.8 Å². The monoisotopic (exact) mass is 355 g/mol. The van der Waals surface area contributed by atoms with E-state index in [0.717, 1.165) is 42.8 Å². The fourth-order valence-electron chi connectivity index (χ4n) is 3.05. The molecule has 6 nitrogen and oxygen atoms in total. The molecule has 0 spiro atoms. The molecule has 3 heterocycles. The molecule has 0 radical (unpaired) electrons. The highest BCUT2D eigenvalue weighted by molar-refractivity contribution is 6.34. The molecule has 128 valence electrons. The van der Waals surface area contributed by atoms with Crippen molar-refractivity contribution in [3.8, 4) is 11.3 Å². The third-order valence-corrected chi connectivity index (χ3v) is 4.91. The Morgan fingerprint density at radius 2 is 1.84 bits per heavy atom. The van der Waals surface area contributed by atoms with Crippen molar-refractivity contribution in [2.24, 2.45) is 0 Å². The number of benzene rings is 1. The molecule has 1 aromatic carbocycles. The summed E-state index contributed by atoms with van der Waals surface area (Å²) in [5.41, 5.74) is 3.29. The first-order chi connectivity index (χ1) is 12.1. The van der Waals surface area contributed by atoms with Gasteiger partial charge in [-0.05, 0) is 30.8 Å². The van der Waals surface area contributed by atoms with Gasteiger partial charge < -0.3 is 14.8 Å². The zero-order chi connectivity index (χ0) is 17.4. The third-order valence-electron chi connectivity index (χ3n) is 4.61. The fourth-order valence-corrected chi connectivity index (χ4v) is 3.24. The number of nitrogens with zero attached hydrogens (tertiary/aromatic N) is 4. The van der Waals surface area contributed by atoms with E-state index in [1.54, 1.807) is 0 Å². The number of aromatic nitrogens is 3. The zero-order valence-corrected chi connectivity index (χ0v) is 14.6. The number of nitrogens with one attached hydrogen (secondary N) is 1. The van der Waals surface area contributed by atoms with E-state index in [-0.39, 0.29) is 5.91 Å². The standard InChI is InChI=1S/C18H18ClN5O/c1-23-6-8-24(9-7-23)18(25)13-4-2-12(3-5-13)15-10-14-16(19)20-11-21-17(14)22-15/h2-5,10-11H,6-9H2,1H3,(H,20,21,22). The van der Waals surface area contributed by atoms with Gasteiger partial charge in [0.05, 0.1) is 5.39 Å². The van der Waals surface area contributed by atoms with Crippen LogP contribution in [-0.2, 0) is 0 Å². The smallest absolute Gasteiger partial charge is 0.253 e. The van der Waals surface area contributed by atoms with Gasteiger partial charge in [0.2, 0.25) is 0 Å². The van der Waals surface area contributed by atoms with Crippen LogP contribution >= 0.6 is 11.6 Å². The number of hydrogen-bond acceptors (Lipinski definition) is 4. The molecule has 1 N–H and O–H groups in total. The molecule has 0 saturated carbocycles. The molecule has 0 bridgehead atoms. The van der Waals surface area contributed by atoms with Crippen LogP contribution in [0.4, 0.5) is 0 Å². The number of carbonyl (C=O) groups is 1. The molecular weight excluding hydrogens is 338 g/mol. The maximum absolute atomic E-state index is 12.6. The number of halogens is 1. The average Bonchev–Trinajstić information content (AvgIpc) is 3.08. The Balaban J connectivity index is 1.57. The summed E-state index contributed by atoms with van der Waals surface area (Å²) in [5.74, 6) is 0.0882. The maximum Gasteiger partial charge on any atom is 0.253 e. The lowest BCUT2D eigenvalue weighted by Gasteiger charge is -2.32. The van der Waals surface area contributed by atoms with Gasteiger partial charge in [-0.15, -0.1) is 0 Å². The zero-order valence-electron chi connectivity index (χ0n) is 13.9. The Morgan fingerprint density at radius 3 is 2.52 bits per heavy atom. The number of hydrogen-bond donors (Lipinski definition) is 1. The molecule has 1 fully saturated rings. The van der Waals surface area contributed by atoms with Gasteiger partial charge in [0.15, 0.2) is 0 Å². The van der Waals surface area contributed by atoms with E-state index in [0.29, 0.717) is 16.4 Å². The molecule has 0 unspecified atom stereocenters. The summed E-state index contributed by atoms with van der Waals surface area (Å²) in [6, 6.07) is 9.54. The van der Waals surface area contributed by atoms with Crippen molar-refractivity contribution in [3.05, 3.63) is 47.4 Å². The third kappa shape index (κ3) is 3.10. The van der Waals surface area contributed by atoms with Crippen LogP contribution in [-0.4, -0.2) is 63.9 Å². The lowest BCUT2D eigenvalue weighted by molar-refractivity contribution is 0.0664. The second-order valence-corrected chi connectivity index (χ2v) is 6.64. The molecule has 1 saturated heterocycles. The number of likely N-dealkylation sites (N-methyl/N-ethyl adjacent to an activating group) is 1. The van der Waals surface area contributed by atoms with Crippen LogP contribution in [0.5, 0.6) is 0 Å². The number of fused-ring (bicyclic) bond motifs is 1. The molecule has 2 aromatic heterocycles. The Hall–Kier alpha value is -2.44. The van der Waals surface area contributed by atoms with Crippen LogP contribution in [0.1, 0.15) is 10.4 Å². The minimum Gasteiger partial charge on any atom is -0.339 e. The van der Waals surface area contributed by atoms with Gasteiger partial charge in [0.25, 0.3) is 5.91 Å². The Bertz CT molecular complexity index is 913. The van der Waals surface area contributed by atoms with Gasteiger partial charge in [0.1, 0.15) is 17.1 Å². The predicted octanol–water partition coefficient (Wildman–Crippen LogP) is 2.67. The Morgan fingerprint density at radius 1 is 1.12 bits per heavy atom. The van der Waals surface area contributed by atoms with Crippen LogP contribution in [0.3, 0.4) is 0 Å². The highest BCUT2D eigenvalue weighted by Gasteiger charge is 2.20. The fraction of sp³-hybridized carbons (Fsp3) is 0.278. The molecule has 0 aliphatic carbocycles. The molecule has 1 aliphatic heterocycles. The number of H-pyrrole nitrogens is 1. The average molecular weight is 356 g/mol. The first-order valence-corrected chi connectivity index (χ1v) is 8.57. The van der Waals surface area contributed by atoms with Crippen molar-refractivity contribution < 1.29 is 4.79 Å².